The zero-order valence-electron chi connectivity index (χ0n) is 18.6. The smallest absolute Gasteiger partial charge is 0.347 e. The van der Waals surface area contributed by atoms with E-state index in [-0.39, 0.29) is 12.2 Å². The molecule has 0 N–H and O–H groups in total. The molecule has 0 saturated heterocycles. The molecule has 1 atom stereocenters. The van der Waals surface area contributed by atoms with Crippen LogP contribution in [0.2, 0.25) is 0 Å². The summed E-state index contributed by atoms with van der Waals surface area (Å²) >= 11 is 5.49. The van der Waals surface area contributed by atoms with Crippen LogP contribution in [0.15, 0.2) is 44.7 Å². The maximum Gasteiger partial charge on any atom is 0.347 e. The molecule has 10 heteroatoms. The molecule has 8 nitrogen and oxygen atoms in total. The van der Waals surface area contributed by atoms with Gasteiger partial charge < -0.3 is 14.2 Å². The Morgan fingerprint density at radius 3 is 2.73 bits per heavy atom. The Kier molecular flexibility index (Phi) is 8.46. The van der Waals surface area contributed by atoms with E-state index in [9.17, 15) is 9.59 Å². The van der Waals surface area contributed by atoms with Gasteiger partial charge in [0.25, 0.3) is 5.56 Å². The minimum atomic E-state index is -0.790. The lowest BCUT2D eigenvalue weighted by molar-refractivity contribution is -0.150. The molecule has 0 fully saturated rings. The summed E-state index contributed by atoms with van der Waals surface area (Å²) in [4.78, 5) is 29.4. The van der Waals surface area contributed by atoms with Crippen LogP contribution in [-0.2, 0) is 9.53 Å². The van der Waals surface area contributed by atoms with Crippen molar-refractivity contribution in [1.29, 1.82) is 0 Å². The van der Waals surface area contributed by atoms with E-state index in [0.29, 0.717) is 40.4 Å². The van der Waals surface area contributed by atoms with Crippen molar-refractivity contribution in [2.45, 2.75) is 33.8 Å². The zero-order valence-corrected chi connectivity index (χ0v) is 22.3. The molecule has 1 aromatic heterocycles. The highest BCUT2D eigenvalue weighted by molar-refractivity contribution is 14.1. The molecule has 0 amide bonds. The highest BCUT2D eigenvalue weighted by Gasteiger charge is 2.20. The fraction of sp³-hybridized carbons (Fsp3) is 0.304. The number of esters is 1. The maximum atomic E-state index is 13.0. The third-order valence-electron chi connectivity index (χ3n) is 4.54. The molecule has 0 spiro atoms. The van der Waals surface area contributed by atoms with Crippen molar-refractivity contribution in [1.82, 2.24) is 9.66 Å². The van der Waals surface area contributed by atoms with Gasteiger partial charge in [-0.3, -0.25) is 4.79 Å². The van der Waals surface area contributed by atoms with Crippen LogP contribution in [0.3, 0.4) is 0 Å². The van der Waals surface area contributed by atoms with Gasteiger partial charge in [0.2, 0.25) is 0 Å². The lowest BCUT2D eigenvalue weighted by Crippen LogP contribution is -2.26. The van der Waals surface area contributed by atoms with Gasteiger partial charge in [-0.1, -0.05) is 15.9 Å². The van der Waals surface area contributed by atoms with Crippen LogP contribution >= 0.6 is 38.5 Å². The summed E-state index contributed by atoms with van der Waals surface area (Å²) < 4.78 is 19.4. The second kappa shape index (κ2) is 11.1. The summed E-state index contributed by atoms with van der Waals surface area (Å²) in [5.41, 5.74) is 1.04. The molecular formula is C23H23BrIN3O5. The van der Waals surface area contributed by atoms with Gasteiger partial charge in [0, 0.05) is 4.47 Å². The Hall–Kier alpha value is -2.47. The number of rotatable bonds is 8. The lowest BCUT2D eigenvalue weighted by Gasteiger charge is -2.18. The van der Waals surface area contributed by atoms with Crippen LogP contribution in [0.1, 0.15) is 32.2 Å². The van der Waals surface area contributed by atoms with E-state index in [2.05, 4.69) is 48.6 Å². The molecule has 3 aromatic rings. The number of carbonyl (C=O) groups excluding carboxylic acids is 1. The molecule has 0 radical (unpaired) electrons. The van der Waals surface area contributed by atoms with Crippen molar-refractivity contribution in [3.05, 3.63) is 60.1 Å². The number of fused-ring (bicyclic) bond motifs is 1. The van der Waals surface area contributed by atoms with E-state index >= 15 is 0 Å². The van der Waals surface area contributed by atoms with Gasteiger partial charge in [-0.05, 0) is 86.2 Å². The highest BCUT2D eigenvalue weighted by Crippen LogP contribution is 2.35. The van der Waals surface area contributed by atoms with Crippen LogP contribution in [-0.4, -0.2) is 41.2 Å². The second-order valence-corrected chi connectivity index (χ2v) is 9.04. The van der Waals surface area contributed by atoms with Crippen LogP contribution < -0.4 is 15.0 Å². The molecule has 0 aliphatic rings. The minimum absolute atomic E-state index is 0.266. The van der Waals surface area contributed by atoms with E-state index in [0.717, 1.165) is 8.04 Å². The van der Waals surface area contributed by atoms with Crippen molar-refractivity contribution < 1.29 is 19.0 Å². The molecule has 2 aromatic carbocycles. The Morgan fingerprint density at radius 2 is 2.03 bits per heavy atom. The molecule has 33 heavy (non-hydrogen) atoms. The Balaban J connectivity index is 1.97. The Morgan fingerprint density at radius 1 is 1.27 bits per heavy atom. The first kappa shape index (κ1) is 25.2. The summed E-state index contributed by atoms with van der Waals surface area (Å²) in [6.07, 6.45) is 0.768. The van der Waals surface area contributed by atoms with E-state index in [1.807, 2.05) is 19.1 Å². The summed E-state index contributed by atoms with van der Waals surface area (Å²) in [6, 6.07) is 8.92. The van der Waals surface area contributed by atoms with Crippen molar-refractivity contribution in [3.63, 3.8) is 0 Å². The molecule has 0 aliphatic heterocycles. The average Bonchev–Trinajstić information content (AvgIpc) is 2.76. The van der Waals surface area contributed by atoms with Crippen molar-refractivity contribution >= 4 is 61.6 Å². The molecule has 174 valence electrons. The number of hydrogen-bond donors (Lipinski definition) is 0. The number of ether oxygens (including phenoxy) is 3. The standard InChI is InChI=1S/C23H23BrIN3O5/c1-5-31-20-10-15(9-18(25)21(20)33-13(3)23(30)32-6-2)12-26-28-14(4)27-19-8-7-16(24)11-17(19)22(28)29/h7-13H,5-6H2,1-4H3/t13-/m1/s1. The molecule has 0 bridgehead atoms. The third-order valence-corrected chi connectivity index (χ3v) is 5.83. The van der Waals surface area contributed by atoms with Crippen LogP contribution in [0.5, 0.6) is 11.5 Å². The first-order chi connectivity index (χ1) is 15.7. The summed E-state index contributed by atoms with van der Waals surface area (Å²) in [6.45, 7) is 7.63. The fourth-order valence-electron chi connectivity index (χ4n) is 3.04. The van der Waals surface area contributed by atoms with Crippen molar-refractivity contribution in [2.24, 2.45) is 5.10 Å². The normalized spacial score (nSPS) is 12.2. The van der Waals surface area contributed by atoms with Gasteiger partial charge >= 0.3 is 5.97 Å². The number of benzene rings is 2. The molecule has 3 rings (SSSR count). The van der Waals surface area contributed by atoms with Gasteiger partial charge in [0.15, 0.2) is 17.6 Å². The maximum absolute atomic E-state index is 13.0. The molecule has 0 aliphatic carbocycles. The summed E-state index contributed by atoms with van der Waals surface area (Å²) in [5, 5.41) is 4.83. The predicted octanol–water partition coefficient (Wildman–Crippen LogP) is 4.68. The Labute approximate surface area is 213 Å². The summed E-state index contributed by atoms with van der Waals surface area (Å²) in [7, 11) is 0. The van der Waals surface area contributed by atoms with Crippen molar-refractivity contribution in [2.75, 3.05) is 13.2 Å². The van der Waals surface area contributed by atoms with Gasteiger partial charge in [0.05, 0.1) is 33.9 Å². The number of aryl methyl sites for hydroxylation is 1. The quantitative estimate of drug-likeness (QED) is 0.205. The van der Waals surface area contributed by atoms with E-state index in [1.165, 1.54) is 4.68 Å². The second-order valence-electron chi connectivity index (χ2n) is 6.96. The molecular weight excluding hydrogens is 605 g/mol. The fourth-order valence-corrected chi connectivity index (χ4v) is 4.16. The first-order valence-electron chi connectivity index (χ1n) is 10.3. The predicted molar refractivity (Wildman–Crippen MR) is 138 cm³/mol. The first-order valence-corrected chi connectivity index (χ1v) is 12.1. The van der Waals surface area contributed by atoms with Crippen LogP contribution in [0, 0.1) is 10.5 Å². The number of hydrogen-bond acceptors (Lipinski definition) is 7. The topological polar surface area (TPSA) is 92.0 Å². The van der Waals surface area contributed by atoms with Gasteiger partial charge in [-0.15, -0.1) is 0 Å². The highest BCUT2D eigenvalue weighted by atomic mass is 127. The number of carbonyl (C=O) groups is 1. The van der Waals surface area contributed by atoms with Crippen LogP contribution in [0.4, 0.5) is 0 Å². The summed E-state index contributed by atoms with van der Waals surface area (Å²) in [5.74, 6) is 0.924. The zero-order chi connectivity index (χ0) is 24.1. The number of aromatic nitrogens is 2. The van der Waals surface area contributed by atoms with E-state index < -0.39 is 12.1 Å². The van der Waals surface area contributed by atoms with Gasteiger partial charge in [-0.25, -0.2) is 9.78 Å². The molecule has 0 saturated carbocycles. The molecule has 1 heterocycles. The Bertz CT molecular complexity index is 1280. The van der Waals surface area contributed by atoms with Gasteiger partial charge in [0.1, 0.15) is 5.82 Å². The minimum Gasteiger partial charge on any atom is -0.490 e. The van der Waals surface area contributed by atoms with Crippen molar-refractivity contribution in [3.8, 4) is 11.5 Å². The third kappa shape index (κ3) is 5.91. The number of nitrogens with zero attached hydrogens (tertiary/aromatic N) is 3. The SMILES string of the molecule is CCOC(=O)[C@@H](C)Oc1c(I)cc(C=Nn2c(C)nc3ccc(Br)cc3c2=O)cc1OCC. The number of halogens is 2. The van der Waals surface area contributed by atoms with E-state index in [4.69, 9.17) is 14.2 Å². The molecule has 0 unspecified atom stereocenters. The monoisotopic (exact) mass is 627 g/mol. The van der Waals surface area contributed by atoms with Gasteiger partial charge in [-0.2, -0.15) is 9.78 Å². The van der Waals surface area contributed by atoms with Crippen LogP contribution in [0.25, 0.3) is 10.9 Å². The lowest BCUT2D eigenvalue weighted by atomic mass is 10.2. The largest absolute Gasteiger partial charge is 0.490 e. The average molecular weight is 628 g/mol. The van der Waals surface area contributed by atoms with E-state index in [1.54, 1.807) is 45.2 Å².